The number of hydrogen-bond acceptors (Lipinski definition) is 4. The lowest BCUT2D eigenvalue weighted by molar-refractivity contribution is 0.0695. The molecule has 1 N–H and O–H groups in total. The van der Waals surface area contributed by atoms with Crippen LogP contribution in [0.3, 0.4) is 0 Å². The molecule has 1 saturated heterocycles. The second kappa shape index (κ2) is 9.49. The molecule has 4 aromatic rings. The number of aromatic nitrogens is 1. The standard InChI is InChI=1S/C29H27FN2O4/c1-18-11-12-31(15-18)26-24(30)14-22-25(28(26)36-2)32(17-23(27(22)33)29(34)35)16-19-7-6-10-21(13-19)20-8-4-3-5-9-20/h3-10,13-14,17-18H,11-12,15-16H2,1-2H3,(H,34,35). The number of methoxy groups -OCH3 is 1. The van der Waals surface area contributed by atoms with Gasteiger partial charge in [0.25, 0.3) is 0 Å². The third-order valence-corrected chi connectivity index (χ3v) is 6.81. The van der Waals surface area contributed by atoms with E-state index in [-0.39, 0.29) is 17.7 Å². The van der Waals surface area contributed by atoms with Gasteiger partial charge in [0, 0.05) is 25.8 Å². The number of pyridine rings is 1. The minimum absolute atomic E-state index is 0.0144. The summed E-state index contributed by atoms with van der Waals surface area (Å²) in [6, 6.07) is 19.0. The maximum Gasteiger partial charge on any atom is 0.341 e. The number of rotatable bonds is 6. The zero-order valence-corrected chi connectivity index (χ0v) is 20.2. The number of carboxylic acid groups (broad SMARTS) is 1. The van der Waals surface area contributed by atoms with E-state index in [2.05, 4.69) is 6.92 Å². The molecule has 1 fully saturated rings. The molecule has 0 radical (unpaired) electrons. The zero-order chi connectivity index (χ0) is 25.4. The van der Waals surface area contributed by atoms with E-state index < -0.39 is 22.8 Å². The highest BCUT2D eigenvalue weighted by molar-refractivity contribution is 5.97. The van der Waals surface area contributed by atoms with Gasteiger partial charge in [-0.25, -0.2) is 9.18 Å². The molecule has 2 heterocycles. The molecule has 1 aliphatic rings. The fourth-order valence-electron chi connectivity index (χ4n) is 5.07. The van der Waals surface area contributed by atoms with Crippen molar-refractivity contribution in [2.24, 2.45) is 5.92 Å². The molecule has 0 saturated carbocycles. The van der Waals surface area contributed by atoms with Gasteiger partial charge in [-0.15, -0.1) is 0 Å². The van der Waals surface area contributed by atoms with Crippen LogP contribution in [0.4, 0.5) is 10.1 Å². The average Bonchev–Trinajstić information content (AvgIpc) is 3.31. The molecule has 0 aliphatic carbocycles. The quantitative estimate of drug-likeness (QED) is 0.395. The van der Waals surface area contributed by atoms with E-state index in [4.69, 9.17) is 4.74 Å². The monoisotopic (exact) mass is 486 g/mol. The summed E-state index contributed by atoms with van der Waals surface area (Å²) in [4.78, 5) is 26.9. The summed E-state index contributed by atoms with van der Waals surface area (Å²) in [5, 5.41) is 9.70. The smallest absolute Gasteiger partial charge is 0.341 e. The van der Waals surface area contributed by atoms with Gasteiger partial charge >= 0.3 is 5.97 Å². The molecule has 0 bridgehead atoms. The Kier molecular flexibility index (Phi) is 6.22. The number of halogens is 1. The molecule has 0 amide bonds. The molecule has 1 atom stereocenters. The molecule has 6 nitrogen and oxygen atoms in total. The van der Waals surface area contributed by atoms with Crippen LogP contribution in [-0.2, 0) is 6.54 Å². The van der Waals surface area contributed by atoms with E-state index in [1.54, 1.807) is 4.57 Å². The Labute approximate surface area is 208 Å². The van der Waals surface area contributed by atoms with Gasteiger partial charge in [-0.05, 0) is 41.2 Å². The largest absolute Gasteiger partial charge is 0.492 e. The topological polar surface area (TPSA) is 71.8 Å². The molecule has 1 aliphatic heterocycles. The van der Waals surface area contributed by atoms with Crippen molar-refractivity contribution in [3.63, 3.8) is 0 Å². The van der Waals surface area contributed by atoms with Crippen LogP contribution in [0, 0.1) is 11.7 Å². The second-order valence-electron chi connectivity index (χ2n) is 9.35. The first-order valence-corrected chi connectivity index (χ1v) is 11.9. The summed E-state index contributed by atoms with van der Waals surface area (Å²) in [6.45, 7) is 3.74. The van der Waals surface area contributed by atoms with Gasteiger partial charge < -0.3 is 19.3 Å². The van der Waals surface area contributed by atoms with Gasteiger partial charge in [-0.3, -0.25) is 4.79 Å². The van der Waals surface area contributed by atoms with Gasteiger partial charge in [-0.1, -0.05) is 55.5 Å². The Bertz CT molecular complexity index is 1510. The summed E-state index contributed by atoms with van der Waals surface area (Å²) < 4.78 is 22.9. The van der Waals surface area contributed by atoms with Crippen LogP contribution >= 0.6 is 0 Å². The number of ether oxygens (including phenoxy) is 1. The summed E-state index contributed by atoms with van der Waals surface area (Å²) in [6.07, 6.45) is 2.26. The first-order chi connectivity index (χ1) is 17.4. The first kappa shape index (κ1) is 23.6. The van der Waals surface area contributed by atoms with Crippen LogP contribution in [-0.4, -0.2) is 35.8 Å². The number of anilines is 1. The SMILES string of the molecule is COc1c(N2CCC(C)C2)c(F)cc2c(=O)c(C(=O)O)cn(Cc3cccc(-c4ccccc4)c3)c12. The van der Waals surface area contributed by atoms with Crippen LogP contribution in [0.2, 0.25) is 0 Å². The summed E-state index contributed by atoms with van der Waals surface area (Å²) in [5.74, 6) is -1.30. The first-order valence-electron chi connectivity index (χ1n) is 11.9. The Hall–Kier alpha value is -4.13. The molecule has 36 heavy (non-hydrogen) atoms. The Balaban J connectivity index is 1.72. The molecule has 184 valence electrons. The van der Waals surface area contributed by atoms with Gasteiger partial charge in [0.05, 0.1) is 18.0 Å². The summed E-state index contributed by atoms with van der Waals surface area (Å²) in [7, 11) is 1.45. The minimum atomic E-state index is -1.36. The lowest BCUT2D eigenvalue weighted by Gasteiger charge is -2.24. The summed E-state index contributed by atoms with van der Waals surface area (Å²) >= 11 is 0. The van der Waals surface area contributed by atoms with Crippen LogP contribution in [0.15, 0.2) is 71.7 Å². The number of carbonyl (C=O) groups is 1. The van der Waals surface area contributed by atoms with Crippen LogP contribution in [0.25, 0.3) is 22.0 Å². The van der Waals surface area contributed by atoms with Crippen LogP contribution < -0.4 is 15.1 Å². The van der Waals surface area contributed by atoms with Crippen molar-refractivity contribution in [2.75, 3.05) is 25.1 Å². The Morgan fingerprint density at radius 3 is 2.53 bits per heavy atom. The van der Waals surface area contributed by atoms with E-state index in [0.717, 1.165) is 29.2 Å². The lowest BCUT2D eigenvalue weighted by atomic mass is 10.0. The van der Waals surface area contributed by atoms with Crippen molar-refractivity contribution in [1.29, 1.82) is 0 Å². The molecular formula is C29H27FN2O4. The second-order valence-corrected chi connectivity index (χ2v) is 9.35. The van der Waals surface area contributed by atoms with Gasteiger partial charge in [0.1, 0.15) is 11.3 Å². The molecule has 3 aromatic carbocycles. The molecule has 1 aromatic heterocycles. The molecule has 7 heteroatoms. The number of aromatic carboxylic acids is 1. The predicted molar refractivity (Wildman–Crippen MR) is 139 cm³/mol. The highest BCUT2D eigenvalue weighted by Crippen LogP contribution is 2.40. The van der Waals surface area contributed by atoms with Crippen molar-refractivity contribution < 1.29 is 19.0 Å². The number of fused-ring (bicyclic) bond motifs is 1. The maximum absolute atomic E-state index is 15.4. The third kappa shape index (κ3) is 4.21. The van der Waals surface area contributed by atoms with E-state index in [9.17, 15) is 14.7 Å². The van der Waals surface area contributed by atoms with Crippen molar-refractivity contribution in [2.45, 2.75) is 19.9 Å². The normalized spacial score (nSPS) is 15.4. The van der Waals surface area contributed by atoms with Crippen LogP contribution in [0.5, 0.6) is 5.75 Å². The average molecular weight is 487 g/mol. The Morgan fingerprint density at radius 1 is 1.11 bits per heavy atom. The third-order valence-electron chi connectivity index (χ3n) is 6.81. The number of nitrogens with zero attached hydrogens (tertiary/aromatic N) is 2. The van der Waals surface area contributed by atoms with Gasteiger partial charge in [0.2, 0.25) is 5.43 Å². The number of benzene rings is 3. The van der Waals surface area contributed by atoms with Crippen molar-refractivity contribution in [1.82, 2.24) is 4.57 Å². The predicted octanol–water partition coefficient (Wildman–Crippen LogP) is 5.41. The van der Waals surface area contributed by atoms with Crippen molar-refractivity contribution in [3.8, 4) is 16.9 Å². The fourth-order valence-corrected chi connectivity index (χ4v) is 5.07. The highest BCUT2D eigenvalue weighted by Gasteiger charge is 2.29. The number of hydrogen-bond donors (Lipinski definition) is 1. The van der Waals surface area contributed by atoms with Gasteiger partial charge in [-0.2, -0.15) is 0 Å². The maximum atomic E-state index is 15.4. The van der Waals surface area contributed by atoms with E-state index in [1.165, 1.54) is 13.3 Å². The minimum Gasteiger partial charge on any atom is -0.492 e. The summed E-state index contributed by atoms with van der Waals surface area (Å²) in [5.41, 5.74) is 2.52. The van der Waals surface area contributed by atoms with Gasteiger partial charge in [0.15, 0.2) is 11.6 Å². The van der Waals surface area contributed by atoms with Crippen molar-refractivity contribution >= 4 is 22.6 Å². The molecule has 0 spiro atoms. The van der Waals surface area contributed by atoms with Crippen LogP contribution in [0.1, 0.15) is 29.3 Å². The fraction of sp³-hybridized carbons (Fsp3) is 0.241. The van der Waals surface area contributed by atoms with E-state index in [1.807, 2.05) is 59.5 Å². The Morgan fingerprint density at radius 2 is 1.86 bits per heavy atom. The zero-order valence-electron chi connectivity index (χ0n) is 20.2. The van der Waals surface area contributed by atoms with E-state index in [0.29, 0.717) is 30.2 Å². The number of carboxylic acids is 1. The van der Waals surface area contributed by atoms with E-state index >= 15 is 4.39 Å². The lowest BCUT2D eigenvalue weighted by Crippen LogP contribution is -2.24. The highest BCUT2D eigenvalue weighted by atomic mass is 19.1. The molecular weight excluding hydrogens is 459 g/mol. The molecule has 1 unspecified atom stereocenters. The van der Waals surface area contributed by atoms with Crippen molar-refractivity contribution in [3.05, 3.63) is 94.0 Å². The molecule has 5 rings (SSSR count).